The number of β-amino-alcohol motifs (C(OH)–C–C–N with tert-alkyl or cyclic N) is 1. The molecule has 0 aliphatic rings. The van der Waals surface area contributed by atoms with Gasteiger partial charge in [-0.05, 0) is 38.5 Å². The molecule has 0 heterocycles. The fourth-order valence-electron chi connectivity index (χ4n) is 1.73. The van der Waals surface area contributed by atoms with Crippen LogP contribution in [0.3, 0.4) is 0 Å². The Bertz CT molecular complexity index is 548. The molecule has 1 rings (SSSR count). The zero-order chi connectivity index (χ0) is 16.9. The Hall–Kier alpha value is -1.92. The van der Waals surface area contributed by atoms with Gasteiger partial charge in [0.1, 0.15) is 0 Å². The van der Waals surface area contributed by atoms with Gasteiger partial charge in [-0.3, -0.25) is 9.59 Å². The van der Waals surface area contributed by atoms with Crippen LogP contribution in [0.5, 0.6) is 11.5 Å². The van der Waals surface area contributed by atoms with E-state index >= 15 is 0 Å². The number of esters is 2. The molecule has 0 aliphatic heterocycles. The Morgan fingerprint density at radius 1 is 1.14 bits per heavy atom. The SMILES string of the molecule is CC(=O)Oc1ccc(C(O)CNC(C)(C)C)cc1OC(C)=O. The lowest BCUT2D eigenvalue weighted by Crippen LogP contribution is -2.38. The van der Waals surface area contributed by atoms with E-state index in [1.807, 2.05) is 20.8 Å². The number of nitrogens with one attached hydrogen (secondary N) is 1. The summed E-state index contributed by atoms with van der Waals surface area (Å²) in [6, 6.07) is 4.62. The highest BCUT2D eigenvalue weighted by Gasteiger charge is 2.17. The summed E-state index contributed by atoms with van der Waals surface area (Å²) in [7, 11) is 0. The second-order valence-corrected chi connectivity index (χ2v) is 6.04. The summed E-state index contributed by atoms with van der Waals surface area (Å²) in [5, 5.41) is 13.4. The van der Waals surface area contributed by atoms with Crippen LogP contribution in [-0.4, -0.2) is 29.1 Å². The van der Waals surface area contributed by atoms with Gasteiger partial charge in [0.2, 0.25) is 0 Å². The number of aliphatic hydroxyl groups excluding tert-OH is 1. The minimum atomic E-state index is -0.778. The maximum Gasteiger partial charge on any atom is 0.308 e. The minimum absolute atomic E-state index is 0.106. The highest BCUT2D eigenvalue weighted by Crippen LogP contribution is 2.31. The summed E-state index contributed by atoms with van der Waals surface area (Å²) in [6.07, 6.45) is -0.778. The molecule has 1 atom stereocenters. The lowest BCUT2D eigenvalue weighted by molar-refractivity contribution is -0.134. The lowest BCUT2D eigenvalue weighted by Gasteiger charge is -2.23. The van der Waals surface area contributed by atoms with E-state index < -0.39 is 18.0 Å². The Balaban J connectivity index is 2.97. The number of carbonyl (C=O) groups excluding carboxylic acids is 2. The number of rotatable bonds is 5. The molecule has 1 aromatic rings. The number of benzene rings is 1. The predicted octanol–water partition coefficient (Wildman–Crippen LogP) is 1.96. The maximum atomic E-state index is 11.2. The van der Waals surface area contributed by atoms with Crippen LogP contribution in [0.25, 0.3) is 0 Å². The predicted molar refractivity (Wildman–Crippen MR) is 81.8 cm³/mol. The summed E-state index contributed by atoms with van der Waals surface area (Å²) in [6.45, 7) is 8.83. The second kappa shape index (κ2) is 7.38. The second-order valence-electron chi connectivity index (χ2n) is 6.04. The van der Waals surface area contributed by atoms with Crippen LogP contribution in [0.1, 0.15) is 46.3 Å². The first-order chi connectivity index (χ1) is 10.1. The van der Waals surface area contributed by atoms with Crippen molar-refractivity contribution in [2.75, 3.05) is 6.54 Å². The molecule has 0 radical (unpaired) electrons. The van der Waals surface area contributed by atoms with Crippen molar-refractivity contribution in [1.82, 2.24) is 5.32 Å². The Morgan fingerprint density at radius 2 is 1.68 bits per heavy atom. The summed E-state index contributed by atoms with van der Waals surface area (Å²) in [4.78, 5) is 22.2. The molecule has 22 heavy (non-hydrogen) atoms. The van der Waals surface area contributed by atoms with Crippen LogP contribution < -0.4 is 14.8 Å². The fourth-order valence-corrected chi connectivity index (χ4v) is 1.73. The Morgan fingerprint density at radius 3 is 2.18 bits per heavy atom. The smallest absolute Gasteiger partial charge is 0.308 e. The highest BCUT2D eigenvalue weighted by atomic mass is 16.6. The molecule has 0 saturated heterocycles. The average Bonchev–Trinajstić information content (AvgIpc) is 2.36. The van der Waals surface area contributed by atoms with Crippen molar-refractivity contribution in [3.8, 4) is 11.5 Å². The number of hydrogen-bond donors (Lipinski definition) is 2. The first-order valence-electron chi connectivity index (χ1n) is 7.02. The van der Waals surface area contributed by atoms with Gasteiger partial charge in [-0.1, -0.05) is 6.07 Å². The normalized spacial score (nSPS) is 12.6. The molecule has 6 nitrogen and oxygen atoms in total. The van der Waals surface area contributed by atoms with Gasteiger partial charge in [0.05, 0.1) is 6.10 Å². The standard InChI is InChI=1S/C16H23NO5/c1-10(18)21-14-7-6-12(8-15(14)22-11(2)19)13(20)9-17-16(3,4)5/h6-8,13,17,20H,9H2,1-5H3. The van der Waals surface area contributed by atoms with Gasteiger partial charge in [-0.2, -0.15) is 0 Å². The average molecular weight is 309 g/mol. The van der Waals surface area contributed by atoms with E-state index in [9.17, 15) is 14.7 Å². The van der Waals surface area contributed by atoms with Crippen molar-refractivity contribution in [2.24, 2.45) is 0 Å². The fraction of sp³-hybridized carbons (Fsp3) is 0.500. The molecule has 2 N–H and O–H groups in total. The van der Waals surface area contributed by atoms with Gasteiger partial charge in [-0.25, -0.2) is 0 Å². The summed E-state index contributed by atoms with van der Waals surface area (Å²) in [5.41, 5.74) is 0.432. The maximum absolute atomic E-state index is 11.2. The molecule has 0 aliphatic carbocycles. The highest BCUT2D eigenvalue weighted by molar-refractivity contribution is 5.73. The molecule has 0 bridgehead atoms. The third kappa shape index (κ3) is 6.24. The zero-order valence-electron chi connectivity index (χ0n) is 13.6. The van der Waals surface area contributed by atoms with Gasteiger partial charge in [0.15, 0.2) is 11.5 Å². The summed E-state index contributed by atoms with van der Waals surface area (Å²) < 4.78 is 10.0. The van der Waals surface area contributed by atoms with Gasteiger partial charge < -0.3 is 19.9 Å². The zero-order valence-corrected chi connectivity index (χ0v) is 13.6. The van der Waals surface area contributed by atoms with E-state index in [-0.39, 0.29) is 17.0 Å². The van der Waals surface area contributed by atoms with Crippen LogP contribution in [0.2, 0.25) is 0 Å². The van der Waals surface area contributed by atoms with Crippen molar-refractivity contribution < 1.29 is 24.2 Å². The first kappa shape index (κ1) is 18.1. The first-order valence-corrected chi connectivity index (χ1v) is 7.02. The molecule has 0 spiro atoms. The van der Waals surface area contributed by atoms with E-state index in [0.29, 0.717) is 12.1 Å². The molecule has 0 amide bonds. The van der Waals surface area contributed by atoms with E-state index in [0.717, 1.165) is 0 Å². The third-order valence-corrected chi connectivity index (χ3v) is 2.69. The largest absolute Gasteiger partial charge is 0.423 e. The van der Waals surface area contributed by atoms with E-state index in [1.165, 1.54) is 26.0 Å². The van der Waals surface area contributed by atoms with Gasteiger partial charge in [-0.15, -0.1) is 0 Å². The third-order valence-electron chi connectivity index (χ3n) is 2.69. The number of aliphatic hydroxyl groups is 1. The van der Waals surface area contributed by atoms with Crippen molar-refractivity contribution in [3.63, 3.8) is 0 Å². The number of ether oxygens (including phenoxy) is 2. The van der Waals surface area contributed by atoms with E-state index in [2.05, 4.69) is 5.32 Å². The molecular weight excluding hydrogens is 286 g/mol. The van der Waals surface area contributed by atoms with Crippen molar-refractivity contribution in [2.45, 2.75) is 46.3 Å². The molecule has 0 aromatic heterocycles. The summed E-state index contributed by atoms with van der Waals surface area (Å²) in [5.74, 6) is -0.804. The van der Waals surface area contributed by atoms with Gasteiger partial charge in [0, 0.05) is 25.9 Å². The molecule has 1 unspecified atom stereocenters. The van der Waals surface area contributed by atoms with Gasteiger partial charge in [0.25, 0.3) is 0 Å². The number of hydrogen-bond acceptors (Lipinski definition) is 6. The quantitative estimate of drug-likeness (QED) is 0.639. The molecule has 122 valence electrons. The van der Waals surface area contributed by atoms with Crippen molar-refractivity contribution in [1.29, 1.82) is 0 Å². The van der Waals surface area contributed by atoms with Crippen molar-refractivity contribution in [3.05, 3.63) is 23.8 Å². The monoisotopic (exact) mass is 309 g/mol. The van der Waals surface area contributed by atoms with Crippen LogP contribution in [0.4, 0.5) is 0 Å². The topological polar surface area (TPSA) is 84.9 Å². The minimum Gasteiger partial charge on any atom is -0.423 e. The van der Waals surface area contributed by atoms with Crippen LogP contribution >= 0.6 is 0 Å². The van der Waals surface area contributed by atoms with Crippen LogP contribution in [-0.2, 0) is 9.59 Å². The molecule has 1 aromatic carbocycles. The number of carbonyl (C=O) groups is 2. The summed E-state index contributed by atoms with van der Waals surface area (Å²) >= 11 is 0. The van der Waals surface area contributed by atoms with Gasteiger partial charge >= 0.3 is 11.9 Å². The van der Waals surface area contributed by atoms with Crippen molar-refractivity contribution >= 4 is 11.9 Å². The van der Waals surface area contributed by atoms with E-state index in [4.69, 9.17) is 9.47 Å². The van der Waals surface area contributed by atoms with Crippen LogP contribution in [0, 0.1) is 0 Å². The lowest BCUT2D eigenvalue weighted by atomic mass is 10.1. The molecule has 6 heteroatoms. The molecule has 0 saturated carbocycles. The Labute approximate surface area is 130 Å². The molecule has 0 fully saturated rings. The van der Waals surface area contributed by atoms with Crippen LogP contribution in [0.15, 0.2) is 18.2 Å². The Kier molecular flexibility index (Phi) is 6.08. The molecular formula is C16H23NO5. The van der Waals surface area contributed by atoms with E-state index in [1.54, 1.807) is 6.07 Å².